The molecule has 4 rings (SSSR count). The molecule has 1 atom stereocenters. The van der Waals surface area contributed by atoms with Gasteiger partial charge in [-0.3, -0.25) is 9.69 Å². The molecule has 0 N–H and O–H groups in total. The number of rotatable bonds is 4. The van der Waals surface area contributed by atoms with Crippen molar-refractivity contribution in [3.63, 3.8) is 0 Å². The molecule has 0 spiro atoms. The molecule has 2 aliphatic rings. The highest BCUT2D eigenvalue weighted by molar-refractivity contribution is 5.83. The van der Waals surface area contributed by atoms with Gasteiger partial charge in [0.05, 0.1) is 12.5 Å². The number of aryl methyl sites for hydroxylation is 1. The van der Waals surface area contributed by atoms with Crippen molar-refractivity contribution in [1.29, 1.82) is 0 Å². The number of nitrogens with zero attached hydrogens (tertiary/aromatic N) is 3. The standard InChI is InChI=1S/C21H29N3O2/c1-2-23-11-7-19-17(5-3-6-20(19)23)15-22-9-4-10-24(13-12-22)21(25)18-8-14-26-16-18/h3,5-7,11,18H,2,4,8-10,12-16H2,1H3. The van der Waals surface area contributed by atoms with Crippen molar-refractivity contribution in [2.75, 3.05) is 39.4 Å². The van der Waals surface area contributed by atoms with Crippen molar-refractivity contribution < 1.29 is 9.53 Å². The van der Waals surface area contributed by atoms with Gasteiger partial charge in [0, 0.05) is 63.0 Å². The van der Waals surface area contributed by atoms with Crippen LogP contribution in [0.15, 0.2) is 30.5 Å². The van der Waals surface area contributed by atoms with Gasteiger partial charge in [0.1, 0.15) is 0 Å². The van der Waals surface area contributed by atoms with Gasteiger partial charge in [0.2, 0.25) is 5.91 Å². The van der Waals surface area contributed by atoms with Crippen LogP contribution in [0.4, 0.5) is 0 Å². The first-order valence-corrected chi connectivity index (χ1v) is 9.92. The number of hydrogen-bond acceptors (Lipinski definition) is 3. The number of benzene rings is 1. The number of ether oxygens (including phenoxy) is 1. The largest absolute Gasteiger partial charge is 0.381 e. The first-order valence-electron chi connectivity index (χ1n) is 9.92. The Morgan fingerprint density at radius 1 is 1.19 bits per heavy atom. The molecule has 3 heterocycles. The lowest BCUT2D eigenvalue weighted by Gasteiger charge is -2.24. The molecule has 0 bridgehead atoms. The Bertz CT molecular complexity index is 764. The molecule has 2 aromatic rings. The fraction of sp³-hybridized carbons (Fsp3) is 0.571. The predicted octanol–water partition coefficient (Wildman–Crippen LogP) is 2.73. The average molecular weight is 355 g/mol. The van der Waals surface area contributed by atoms with Crippen molar-refractivity contribution >= 4 is 16.8 Å². The molecule has 0 aliphatic carbocycles. The van der Waals surface area contributed by atoms with Gasteiger partial charge < -0.3 is 14.2 Å². The molecule has 5 heteroatoms. The zero-order chi connectivity index (χ0) is 17.9. The summed E-state index contributed by atoms with van der Waals surface area (Å²) in [5.74, 6) is 0.385. The van der Waals surface area contributed by atoms with Gasteiger partial charge in [-0.15, -0.1) is 0 Å². The Kier molecular flexibility index (Phi) is 5.27. The number of fused-ring (bicyclic) bond motifs is 1. The van der Waals surface area contributed by atoms with E-state index >= 15 is 0 Å². The lowest BCUT2D eigenvalue weighted by molar-refractivity contribution is -0.135. The maximum absolute atomic E-state index is 12.7. The molecule has 140 valence electrons. The maximum Gasteiger partial charge on any atom is 0.228 e. The predicted molar refractivity (Wildman–Crippen MR) is 103 cm³/mol. The minimum atomic E-state index is 0.0871. The summed E-state index contributed by atoms with van der Waals surface area (Å²) in [4.78, 5) is 17.2. The van der Waals surface area contributed by atoms with Crippen LogP contribution in [0.5, 0.6) is 0 Å². The van der Waals surface area contributed by atoms with E-state index < -0.39 is 0 Å². The van der Waals surface area contributed by atoms with Gasteiger partial charge in [-0.25, -0.2) is 0 Å². The molecular formula is C21H29N3O2. The summed E-state index contributed by atoms with van der Waals surface area (Å²) in [7, 11) is 0. The van der Waals surface area contributed by atoms with E-state index in [1.54, 1.807) is 0 Å². The van der Waals surface area contributed by atoms with Crippen molar-refractivity contribution in [2.24, 2.45) is 5.92 Å². The lowest BCUT2D eigenvalue weighted by Crippen LogP contribution is -2.39. The summed E-state index contributed by atoms with van der Waals surface area (Å²) < 4.78 is 7.69. The Hall–Kier alpha value is -1.85. The Morgan fingerprint density at radius 2 is 2.12 bits per heavy atom. The SMILES string of the molecule is CCn1ccc2c(CN3CCCN(C(=O)C4CCOC4)CC3)cccc21. The molecule has 1 amide bonds. The molecule has 1 unspecified atom stereocenters. The third-order valence-electron chi connectivity index (χ3n) is 5.82. The van der Waals surface area contributed by atoms with E-state index in [-0.39, 0.29) is 5.92 Å². The Labute approximate surface area is 155 Å². The average Bonchev–Trinajstić information content (AvgIpc) is 3.28. The quantitative estimate of drug-likeness (QED) is 0.846. The van der Waals surface area contributed by atoms with Crippen molar-refractivity contribution in [1.82, 2.24) is 14.4 Å². The van der Waals surface area contributed by atoms with Crippen LogP contribution in [0.25, 0.3) is 10.9 Å². The zero-order valence-corrected chi connectivity index (χ0v) is 15.7. The van der Waals surface area contributed by atoms with Crippen LogP contribution < -0.4 is 0 Å². The molecular weight excluding hydrogens is 326 g/mol. The van der Waals surface area contributed by atoms with Gasteiger partial charge in [0.15, 0.2) is 0 Å². The van der Waals surface area contributed by atoms with Gasteiger partial charge in [-0.1, -0.05) is 12.1 Å². The Morgan fingerprint density at radius 3 is 2.92 bits per heavy atom. The van der Waals surface area contributed by atoms with Gasteiger partial charge in [-0.2, -0.15) is 0 Å². The molecule has 0 radical (unpaired) electrons. The van der Waals surface area contributed by atoms with E-state index in [1.807, 2.05) is 0 Å². The normalized spacial score (nSPS) is 22.0. The van der Waals surface area contributed by atoms with Crippen molar-refractivity contribution in [2.45, 2.75) is 32.9 Å². The second-order valence-corrected chi connectivity index (χ2v) is 7.47. The highest BCUT2D eigenvalue weighted by Crippen LogP contribution is 2.23. The zero-order valence-electron chi connectivity index (χ0n) is 15.7. The summed E-state index contributed by atoms with van der Waals surface area (Å²) in [6.07, 6.45) is 4.11. The molecule has 5 nitrogen and oxygen atoms in total. The van der Waals surface area contributed by atoms with Gasteiger partial charge >= 0.3 is 0 Å². The fourth-order valence-electron chi connectivity index (χ4n) is 4.28. The third-order valence-corrected chi connectivity index (χ3v) is 5.82. The van der Waals surface area contributed by atoms with Crippen LogP contribution in [0.3, 0.4) is 0 Å². The minimum absolute atomic E-state index is 0.0871. The van der Waals surface area contributed by atoms with E-state index in [1.165, 1.54) is 16.5 Å². The summed E-state index contributed by atoms with van der Waals surface area (Å²) >= 11 is 0. The van der Waals surface area contributed by atoms with Gasteiger partial charge in [-0.05, 0) is 37.5 Å². The lowest BCUT2D eigenvalue weighted by atomic mass is 10.1. The molecule has 2 fully saturated rings. The van der Waals surface area contributed by atoms with Crippen LogP contribution in [-0.2, 0) is 22.6 Å². The van der Waals surface area contributed by atoms with E-state index in [9.17, 15) is 4.79 Å². The van der Waals surface area contributed by atoms with Crippen LogP contribution in [0, 0.1) is 5.92 Å². The second-order valence-electron chi connectivity index (χ2n) is 7.47. The van der Waals surface area contributed by atoms with Crippen molar-refractivity contribution in [3.05, 3.63) is 36.0 Å². The summed E-state index contributed by atoms with van der Waals surface area (Å²) in [5, 5.41) is 1.36. The van der Waals surface area contributed by atoms with Crippen molar-refractivity contribution in [3.8, 4) is 0 Å². The number of carbonyl (C=O) groups excluding carboxylic acids is 1. The number of amides is 1. The third kappa shape index (κ3) is 3.51. The molecule has 2 aliphatic heterocycles. The molecule has 0 saturated carbocycles. The number of hydrogen-bond donors (Lipinski definition) is 0. The summed E-state index contributed by atoms with van der Waals surface area (Å²) in [6, 6.07) is 8.85. The minimum Gasteiger partial charge on any atom is -0.381 e. The summed E-state index contributed by atoms with van der Waals surface area (Å²) in [6.45, 7) is 9.19. The second kappa shape index (κ2) is 7.80. The van der Waals surface area contributed by atoms with E-state index in [0.717, 1.165) is 58.7 Å². The van der Waals surface area contributed by atoms with Crippen LogP contribution >= 0.6 is 0 Å². The van der Waals surface area contributed by atoms with Crippen LogP contribution in [0.1, 0.15) is 25.3 Å². The Balaban J connectivity index is 1.42. The number of aromatic nitrogens is 1. The van der Waals surface area contributed by atoms with E-state index in [4.69, 9.17) is 4.74 Å². The molecule has 1 aromatic heterocycles. The summed E-state index contributed by atoms with van der Waals surface area (Å²) in [5.41, 5.74) is 2.71. The highest BCUT2D eigenvalue weighted by Gasteiger charge is 2.29. The molecule has 2 saturated heterocycles. The topological polar surface area (TPSA) is 37.7 Å². The smallest absolute Gasteiger partial charge is 0.228 e. The first kappa shape index (κ1) is 17.6. The monoisotopic (exact) mass is 355 g/mol. The van der Waals surface area contributed by atoms with Gasteiger partial charge in [0.25, 0.3) is 0 Å². The molecule has 1 aromatic carbocycles. The fourth-order valence-corrected chi connectivity index (χ4v) is 4.28. The highest BCUT2D eigenvalue weighted by atomic mass is 16.5. The van der Waals surface area contributed by atoms with E-state index in [2.05, 4.69) is 51.8 Å². The maximum atomic E-state index is 12.7. The van der Waals surface area contributed by atoms with E-state index in [0.29, 0.717) is 12.5 Å². The molecule has 26 heavy (non-hydrogen) atoms. The van der Waals surface area contributed by atoms with Crippen LogP contribution in [0.2, 0.25) is 0 Å². The first-order chi connectivity index (χ1) is 12.8. The van der Waals surface area contributed by atoms with Crippen LogP contribution in [-0.4, -0.2) is 59.7 Å². The number of carbonyl (C=O) groups is 1.